The molecule has 1 aliphatic heterocycles. The second kappa shape index (κ2) is 6.02. The molecule has 1 heterocycles. The number of hydrogen-bond donors (Lipinski definition) is 1. The van der Waals surface area contributed by atoms with Crippen molar-refractivity contribution in [3.63, 3.8) is 0 Å². The highest BCUT2D eigenvalue weighted by atomic mass is 35.5. The minimum atomic E-state index is -0.404. The van der Waals surface area contributed by atoms with Gasteiger partial charge in [0.1, 0.15) is 0 Å². The number of ether oxygens (including phenoxy) is 1. The van der Waals surface area contributed by atoms with Crippen LogP contribution in [0.1, 0.15) is 18.9 Å². The molecule has 1 fully saturated rings. The zero-order valence-electron chi connectivity index (χ0n) is 10.8. The molecule has 1 aromatic carbocycles. The Labute approximate surface area is 113 Å². The fourth-order valence-corrected chi connectivity index (χ4v) is 2.53. The Kier molecular flexibility index (Phi) is 4.62. The third-order valence-electron chi connectivity index (χ3n) is 3.48. The van der Waals surface area contributed by atoms with Crippen LogP contribution in [0.4, 0.5) is 0 Å². The summed E-state index contributed by atoms with van der Waals surface area (Å²) in [6.45, 7) is 3.29. The van der Waals surface area contributed by atoms with Gasteiger partial charge in [-0.3, -0.25) is 4.90 Å². The molecule has 3 unspecified atom stereocenters. The lowest BCUT2D eigenvalue weighted by Crippen LogP contribution is -2.49. The largest absolute Gasteiger partial charge is 0.389 e. The molecule has 0 aromatic heterocycles. The van der Waals surface area contributed by atoms with E-state index in [-0.39, 0.29) is 12.1 Å². The lowest BCUT2D eigenvalue weighted by atomic mass is 9.99. The predicted molar refractivity (Wildman–Crippen MR) is 72.7 cm³/mol. The molecule has 100 valence electrons. The van der Waals surface area contributed by atoms with E-state index in [9.17, 15) is 5.11 Å². The molecular formula is C14H20ClNO2. The van der Waals surface area contributed by atoms with Crippen molar-refractivity contribution in [1.82, 2.24) is 4.90 Å². The van der Waals surface area contributed by atoms with E-state index in [0.29, 0.717) is 6.61 Å². The molecule has 0 amide bonds. The number of aliphatic hydroxyl groups is 1. The zero-order chi connectivity index (χ0) is 13.1. The average molecular weight is 270 g/mol. The van der Waals surface area contributed by atoms with E-state index >= 15 is 0 Å². The summed E-state index contributed by atoms with van der Waals surface area (Å²) in [5.41, 5.74) is 1.20. The van der Waals surface area contributed by atoms with Crippen molar-refractivity contribution in [2.75, 3.05) is 13.7 Å². The Morgan fingerprint density at radius 1 is 1.39 bits per heavy atom. The Morgan fingerprint density at radius 3 is 2.72 bits per heavy atom. The van der Waals surface area contributed by atoms with Crippen molar-refractivity contribution in [1.29, 1.82) is 0 Å². The second-order valence-corrected chi connectivity index (χ2v) is 5.49. The van der Waals surface area contributed by atoms with Crippen LogP contribution >= 0.6 is 11.6 Å². The van der Waals surface area contributed by atoms with Gasteiger partial charge in [-0.05, 0) is 38.1 Å². The van der Waals surface area contributed by atoms with Gasteiger partial charge in [-0.1, -0.05) is 23.7 Å². The molecule has 0 bridgehead atoms. The molecule has 0 aliphatic carbocycles. The van der Waals surface area contributed by atoms with Crippen molar-refractivity contribution in [3.8, 4) is 0 Å². The molecule has 1 aliphatic rings. The van der Waals surface area contributed by atoms with E-state index in [1.807, 2.05) is 31.3 Å². The normalized spacial score (nSPS) is 28.6. The smallest absolute Gasteiger partial charge is 0.0929 e. The minimum Gasteiger partial charge on any atom is -0.389 e. The highest BCUT2D eigenvalue weighted by Crippen LogP contribution is 2.20. The van der Waals surface area contributed by atoms with Gasteiger partial charge < -0.3 is 9.84 Å². The van der Waals surface area contributed by atoms with E-state index in [0.717, 1.165) is 18.0 Å². The summed E-state index contributed by atoms with van der Waals surface area (Å²) < 4.78 is 5.44. The number of aliphatic hydroxyl groups excluding tert-OH is 1. The van der Waals surface area contributed by atoms with Crippen LogP contribution < -0.4 is 0 Å². The summed E-state index contributed by atoms with van der Waals surface area (Å²) in [7, 11) is 2.04. The third kappa shape index (κ3) is 3.45. The standard InChI is InChI=1S/C14H20ClNO2/c1-10-7-13(14(17)9-18-10)16(2)8-11-3-5-12(15)6-4-11/h3-6,10,13-14,17H,7-9H2,1-2H3. The van der Waals surface area contributed by atoms with Gasteiger partial charge >= 0.3 is 0 Å². The number of halogens is 1. The van der Waals surface area contributed by atoms with Crippen LogP contribution in [0.25, 0.3) is 0 Å². The summed E-state index contributed by atoms with van der Waals surface area (Å²) in [4.78, 5) is 2.19. The molecule has 0 radical (unpaired) electrons. The molecule has 0 saturated carbocycles. The fourth-order valence-electron chi connectivity index (χ4n) is 2.41. The summed E-state index contributed by atoms with van der Waals surface area (Å²) >= 11 is 5.87. The topological polar surface area (TPSA) is 32.7 Å². The van der Waals surface area contributed by atoms with Crippen molar-refractivity contribution < 1.29 is 9.84 Å². The molecule has 1 aromatic rings. The lowest BCUT2D eigenvalue weighted by molar-refractivity contribution is -0.0933. The number of benzene rings is 1. The monoisotopic (exact) mass is 269 g/mol. The van der Waals surface area contributed by atoms with Gasteiger partial charge in [-0.15, -0.1) is 0 Å². The van der Waals surface area contributed by atoms with E-state index in [2.05, 4.69) is 11.8 Å². The Hall–Kier alpha value is -0.610. The van der Waals surface area contributed by atoms with Crippen molar-refractivity contribution in [2.45, 2.75) is 38.1 Å². The Bertz CT molecular complexity index is 382. The number of nitrogens with zero attached hydrogens (tertiary/aromatic N) is 1. The molecule has 1 N–H and O–H groups in total. The Balaban J connectivity index is 1.98. The number of likely N-dealkylation sites (N-methyl/N-ethyl adjacent to an activating group) is 1. The van der Waals surface area contributed by atoms with Crippen LogP contribution in [0, 0.1) is 0 Å². The van der Waals surface area contributed by atoms with Crippen molar-refractivity contribution >= 4 is 11.6 Å². The van der Waals surface area contributed by atoms with Gasteiger partial charge in [0.2, 0.25) is 0 Å². The van der Waals surface area contributed by atoms with Gasteiger partial charge in [0.25, 0.3) is 0 Å². The summed E-state index contributed by atoms with van der Waals surface area (Å²) in [5.74, 6) is 0. The fraction of sp³-hybridized carbons (Fsp3) is 0.571. The maximum atomic E-state index is 9.99. The van der Waals surface area contributed by atoms with E-state index in [1.165, 1.54) is 5.56 Å². The molecule has 3 atom stereocenters. The summed E-state index contributed by atoms with van der Waals surface area (Å²) in [5, 5.41) is 10.7. The first kappa shape index (κ1) is 13.8. The predicted octanol–water partition coefficient (Wildman–Crippen LogP) is 2.31. The highest BCUT2D eigenvalue weighted by molar-refractivity contribution is 6.30. The van der Waals surface area contributed by atoms with Gasteiger partial charge in [-0.25, -0.2) is 0 Å². The third-order valence-corrected chi connectivity index (χ3v) is 3.73. The first-order valence-electron chi connectivity index (χ1n) is 6.30. The van der Waals surface area contributed by atoms with Crippen molar-refractivity contribution in [2.24, 2.45) is 0 Å². The molecule has 2 rings (SSSR count). The maximum Gasteiger partial charge on any atom is 0.0929 e. The van der Waals surface area contributed by atoms with E-state index in [4.69, 9.17) is 16.3 Å². The maximum absolute atomic E-state index is 9.99. The highest BCUT2D eigenvalue weighted by Gasteiger charge is 2.30. The molecule has 0 spiro atoms. The van der Waals surface area contributed by atoms with Gasteiger partial charge in [0.05, 0.1) is 18.8 Å². The van der Waals surface area contributed by atoms with Crippen LogP contribution in [0.2, 0.25) is 5.02 Å². The van der Waals surface area contributed by atoms with Crippen LogP contribution in [0.3, 0.4) is 0 Å². The molecule has 1 saturated heterocycles. The molecular weight excluding hydrogens is 250 g/mol. The first-order valence-corrected chi connectivity index (χ1v) is 6.68. The van der Waals surface area contributed by atoms with Crippen LogP contribution in [-0.2, 0) is 11.3 Å². The lowest BCUT2D eigenvalue weighted by Gasteiger charge is -2.37. The van der Waals surface area contributed by atoms with Gasteiger partial charge in [0, 0.05) is 17.6 Å². The summed E-state index contributed by atoms with van der Waals surface area (Å²) in [6.07, 6.45) is 0.676. The second-order valence-electron chi connectivity index (χ2n) is 5.06. The molecule has 18 heavy (non-hydrogen) atoms. The van der Waals surface area contributed by atoms with Gasteiger partial charge in [-0.2, -0.15) is 0 Å². The molecule has 4 heteroatoms. The van der Waals surface area contributed by atoms with Crippen LogP contribution in [-0.4, -0.2) is 41.9 Å². The first-order chi connectivity index (χ1) is 8.56. The summed E-state index contributed by atoms with van der Waals surface area (Å²) in [6, 6.07) is 7.99. The SMILES string of the molecule is CC1CC(N(C)Cc2ccc(Cl)cc2)C(O)CO1. The minimum absolute atomic E-state index is 0.157. The van der Waals surface area contributed by atoms with Crippen LogP contribution in [0.15, 0.2) is 24.3 Å². The van der Waals surface area contributed by atoms with Gasteiger partial charge in [0.15, 0.2) is 0 Å². The average Bonchev–Trinajstić information content (AvgIpc) is 2.35. The van der Waals surface area contributed by atoms with Crippen molar-refractivity contribution in [3.05, 3.63) is 34.9 Å². The van der Waals surface area contributed by atoms with E-state index < -0.39 is 6.10 Å². The zero-order valence-corrected chi connectivity index (χ0v) is 11.6. The van der Waals surface area contributed by atoms with Crippen LogP contribution in [0.5, 0.6) is 0 Å². The van der Waals surface area contributed by atoms with E-state index in [1.54, 1.807) is 0 Å². The Morgan fingerprint density at radius 2 is 2.06 bits per heavy atom. The number of rotatable bonds is 3. The number of hydrogen-bond acceptors (Lipinski definition) is 3. The quantitative estimate of drug-likeness (QED) is 0.914. The molecule has 3 nitrogen and oxygen atoms in total.